The summed E-state index contributed by atoms with van der Waals surface area (Å²) in [5.41, 5.74) is 6.67. The number of nitrogens with two attached hydrogens (primary N) is 1. The molecular weight excluding hydrogens is 232 g/mol. The second-order valence-corrected chi connectivity index (χ2v) is 4.85. The first-order valence-electron chi connectivity index (χ1n) is 6.19. The van der Waals surface area contributed by atoms with Gasteiger partial charge in [-0.05, 0) is 19.3 Å². The minimum atomic E-state index is -0.407. The van der Waals surface area contributed by atoms with Crippen molar-refractivity contribution in [2.75, 3.05) is 7.11 Å². The van der Waals surface area contributed by atoms with E-state index in [2.05, 4.69) is 24.2 Å². The fourth-order valence-electron chi connectivity index (χ4n) is 1.75. The summed E-state index contributed by atoms with van der Waals surface area (Å²) in [4.78, 5) is 11.0. The SMILES string of the molecule is COC(C)c1c(CC(N)=O)nnn1CCC(C)C. The van der Waals surface area contributed by atoms with Crippen molar-refractivity contribution in [2.24, 2.45) is 11.7 Å². The predicted octanol–water partition coefficient (Wildman–Crippen LogP) is 1.06. The fourth-order valence-corrected chi connectivity index (χ4v) is 1.75. The molecule has 0 saturated carbocycles. The van der Waals surface area contributed by atoms with Crippen molar-refractivity contribution in [3.63, 3.8) is 0 Å². The Morgan fingerprint density at radius 1 is 1.44 bits per heavy atom. The van der Waals surface area contributed by atoms with Crippen molar-refractivity contribution in [2.45, 2.75) is 46.3 Å². The van der Waals surface area contributed by atoms with E-state index in [1.165, 1.54) is 0 Å². The van der Waals surface area contributed by atoms with Gasteiger partial charge in [0.1, 0.15) is 0 Å². The predicted molar refractivity (Wildman–Crippen MR) is 67.8 cm³/mol. The molecular formula is C12H22N4O2. The minimum absolute atomic E-state index is 0.102. The molecule has 0 saturated heterocycles. The Bertz CT molecular complexity index is 401. The summed E-state index contributed by atoms with van der Waals surface area (Å²) < 4.78 is 7.12. The van der Waals surface area contributed by atoms with E-state index in [1.54, 1.807) is 7.11 Å². The molecule has 0 fully saturated rings. The lowest BCUT2D eigenvalue weighted by atomic mass is 10.1. The third-order valence-corrected chi connectivity index (χ3v) is 2.85. The van der Waals surface area contributed by atoms with Crippen LogP contribution in [0.2, 0.25) is 0 Å². The molecule has 1 aromatic heterocycles. The van der Waals surface area contributed by atoms with E-state index in [-0.39, 0.29) is 12.5 Å². The van der Waals surface area contributed by atoms with Gasteiger partial charge in [0.15, 0.2) is 0 Å². The van der Waals surface area contributed by atoms with Crippen LogP contribution < -0.4 is 5.73 Å². The average molecular weight is 254 g/mol. The monoisotopic (exact) mass is 254 g/mol. The summed E-state index contributed by atoms with van der Waals surface area (Å²) in [5.74, 6) is 0.176. The standard InChI is InChI=1S/C12H22N4O2/c1-8(2)5-6-16-12(9(3)18-4)10(14-15-16)7-11(13)17/h8-9H,5-7H2,1-4H3,(H2,13,17). The molecule has 1 aromatic rings. The maximum Gasteiger partial charge on any atom is 0.223 e. The number of methoxy groups -OCH3 is 1. The Kier molecular flexibility index (Phi) is 5.27. The molecule has 102 valence electrons. The molecule has 0 aliphatic rings. The Morgan fingerprint density at radius 2 is 2.11 bits per heavy atom. The molecule has 0 aliphatic carbocycles. The van der Waals surface area contributed by atoms with Gasteiger partial charge in [0, 0.05) is 13.7 Å². The lowest BCUT2D eigenvalue weighted by molar-refractivity contribution is -0.117. The summed E-state index contributed by atoms with van der Waals surface area (Å²) >= 11 is 0. The van der Waals surface area contributed by atoms with E-state index >= 15 is 0 Å². The van der Waals surface area contributed by atoms with Gasteiger partial charge in [-0.1, -0.05) is 19.1 Å². The molecule has 1 amide bonds. The first kappa shape index (κ1) is 14.6. The molecule has 0 aliphatic heterocycles. The quantitative estimate of drug-likeness (QED) is 0.788. The van der Waals surface area contributed by atoms with Crippen molar-refractivity contribution in [1.82, 2.24) is 15.0 Å². The largest absolute Gasteiger partial charge is 0.375 e. The lowest BCUT2D eigenvalue weighted by Crippen LogP contribution is -2.17. The number of carbonyl (C=O) groups excluding carboxylic acids is 1. The van der Waals surface area contributed by atoms with Gasteiger partial charge in [0.2, 0.25) is 5.91 Å². The molecule has 0 spiro atoms. The highest BCUT2D eigenvalue weighted by molar-refractivity contribution is 5.76. The van der Waals surface area contributed by atoms with E-state index in [1.807, 2.05) is 11.6 Å². The number of hydrogen-bond donors (Lipinski definition) is 1. The molecule has 18 heavy (non-hydrogen) atoms. The van der Waals surface area contributed by atoms with Crippen molar-refractivity contribution < 1.29 is 9.53 Å². The summed E-state index contributed by atoms with van der Waals surface area (Å²) in [7, 11) is 1.62. The van der Waals surface area contributed by atoms with E-state index in [0.29, 0.717) is 11.6 Å². The van der Waals surface area contributed by atoms with Crippen LogP contribution in [0.3, 0.4) is 0 Å². The molecule has 2 N–H and O–H groups in total. The number of hydrogen-bond acceptors (Lipinski definition) is 4. The first-order chi connectivity index (χ1) is 8.45. The summed E-state index contributed by atoms with van der Waals surface area (Å²) in [6, 6.07) is 0. The number of aromatic nitrogens is 3. The van der Waals surface area contributed by atoms with Gasteiger partial charge < -0.3 is 10.5 Å². The van der Waals surface area contributed by atoms with Gasteiger partial charge in [-0.25, -0.2) is 4.68 Å². The van der Waals surface area contributed by atoms with Crippen LogP contribution in [0.4, 0.5) is 0 Å². The van der Waals surface area contributed by atoms with Crippen LogP contribution in [0.5, 0.6) is 0 Å². The number of aryl methyl sites for hydroxylation is 1. The Labute approximate surface area is 107 Å². The molecule has 0 radical (unpaired) electrons. The van der Waals surface area contributed by atoms with E-state index in [0.717, 1.165) is 18.7 Å². The third-order valence-electron chi connectivity index (χ3n) is 2.85. The topological polar surface area (TPSA) is 83.0 Å². The van der Waals surface area contributed by atoms with Crippen molar-refractivity contribution in [3.05, 3.63) is 11.4 Å². The molecule has 1 atom stereocenters. The van der Waals surface area contributed by atoms with Crippen LogP contribution in [0.15, 0.2) is 0 Å². The molecule has 0 bridgehead atoms. The van der Waals surface area contributed by atoms with Gasteiger partial charge in [-0.3, -0.25) is 4.79 Å². The molecule has 1 unspecified atom stereocenters. The zero-order valence-electron chi connectivity index (χ0n) is 11.5. The highest BCUT2D eigenvalue weighted by atomic mass is 16.5. The zero-order chi connectivity index (χ0) is 13.7. The number of rotatable bonds is 7. The molecule has 6 nitrogen and oxygen atoms in total. The summed E-state index contributed by atoms with van der Waals surface area (Å²) in [6.45, 7) is 6.99. The van der Waals surface area contributed by atoms with E-state index < -0.39 is 5.91 Å². The van der Waals surface area contributed by atoms with Crippen molar-refractivity contribution in [1.29, 1.82) is 0 Å². The molecule has 0 aromatic carbocycles. The second-order valence-electron chi connectivity index (χ2n) is 4.85. The lowest BCUT2D eigenvalue weighted by Gasteiger charge is -2.14. The van der Waals surface area contributed by atoms with E-state index in [9.17, 15) is 4.79 Å². The Balaban J connectivity index is 2.95. The fraction of sp³-hybridized carbons (Fsp3) is 0.750. The Hall–Kier alpha value is -1.43. The second kappa shape index (κ2) is 6.49. The molecule has 6 heteroatoms. The van der Waals surface area contributed by atoms with Crippen molar-refractivity contribution in [3.8, 4) is 0 Å². The first-order valence-corrected chi connectivity index (χ1v) is 6.19. The maximum atomic E-state index is 11.0. The number of amides is 1. The highest BCUT2D eigenvalue weighted by Gasteiger charge is 2.20. The molecule has 1 rings (SSSR count). The van der Waals surface area contributed by atoms with Crippen LogP contribution in [0.25, 0.3) is 0 Å². The van der Waals surface area contributed by atoms with Crippen LogP contribution in [0, 0.1) is 5.92 Å². The van der Waals surface area contributed by atoms with E-state index in [4.69, 9.17) is 10.5 Å². The normalized spacial score (nSPS) is 12.9. The van der Waals surface area contributed by atoms with Crippen molar-refractivity contribution >= 4 is 5.91 Å². The summed E-state index contributed by atoms with van der Waals surface area (Å²) in [5, 5.41) is 8.12. The minimum Gasteiger partial charge on any atom is -0.375 e. The number of ether oxygens (including phenoxy) is 1. The van der Waals surface area contributed by atoms with Gasteiger partial charge in [-0.2, -0.15) is 0 Å². The maximum absolute atomic E-state index is 11.0. The van der Waals surface area contributed by atoms with Crippen LogP contribution >= 0.6 is 0 Å². The highest BCUT2D eigenvalue weighted by Crippen LogP contribution is 2.20. The van der Waals surface area contributed by atoms with Crippen LogP contribution in [0.1, 0.15) is 44.7 Å². The van der Waals surface area contributed by atoms with Gasteiger partial charge in [0.05, 0.1) is 23.9 Å². The smallest absolute Gasteiger partial charge is 0.223 e. The third kappa shape index (κ3) is 3.80. The van der Waals surface area contributed by atoms with Crippen LogP contribution in [-0.2, 0) is 22.5 Å². The van der Waals surface area contributed by atoms with Gasteiger partial charge >= 0.3 is 0 Å². The zero-order valence-corrected chi connectivity index (χ0v) is 11.5. The number of primary amides is 1. The van der Waals surface area contributed by atoms with Crippen LogP contribution in [-0.4, -0.2) is 28.0 Å². The van der Waals surface area contributed by atoms with Gasteiger partial charge in [-0.15, -0.1) is 5.10 Å². The average Bonchev–Trinajstić information content (AvgIpc) is 2.67. The number of nitrogens with zero attached hydrogens (tertiary/aromatic N) is 3. The van der Waals surface area contributed by atoms with Gasteiger partial charge in [0.25, 0.3) is 0 Å². The Morgan fingerprint density at radius 3 is 2.61 bits per heavy atom. The number of carbonyl (C=O) groups is 1. The summed E-state index contributed by atoms with van der Waals surface area (Å²) in [6.07, 6.45) is 0.953. The molecule has 1 heterocycles.